The van der Waals surface area contributed by atoms with Crippen molar-refractivity contribution in [3.63, 3.8) is 0 Å². The molecule has 0 aliphatic heterocycles. The van der Waals surface area contributed by atoms with Crippen molar-refractivity contribution in [1.82, 2.24) is 15.6 Å². The van der Waals surface area contributed by atoms with Crippen LogP contribution in [0.4, 0.5) is 18.9 Å². The number of aromatic nitrogens is 2. The molecule has 6 nitrogen and oxygen atoms in total. The lowest BCUT2D eigenvalue weighted by Crippen LogP contribution is -2.29. The number of benzene rings is 2. The zero-order valence-corrected chi connectivity index (χ0v) is 14.7. The SMILES string of the molecule is O=C(CCCc1nnc(-c2ccccc2)o1)NNc1cccc(C(F)(F)F)c1. The van der Waals surface area contributed by atoms with Crippen LogP contribution in [0.25, 0.3) is 11.5 Å². The standard InChI is InChI=1S/C19H17F3N4O2/c20-19(21,22)14-8-4-9-15(12-14)23-24-16(27)10-5-11-17-25-26-18(28-17)13-6-2-1-3-7-13/h1-4,6-9,12,23H,5,10-11H2,(H,24,27). The molecule has 0 bridgehead atoms. The number of carbonyl (C=O) groups is 1. The van der Waals surface area contributed by atoms with Crippen molar-refractivity contribution in [3.8, 4) is 11.5 Å². The highest BCUT2D eigenvalue weighted by Gasteiger charge is 2.30. The maximum Gasteiger partial charge on any atom is 0.416 e. The van der Waals surface area contributed by atoms with Gasteiger partial charge in [0.2, 0.25) is 17.7 Å². The number of anilines is 1. The van der Waals surface area contributed by atoms with E-state index in [0.29, 0.717) is 24.6 Å². The van der Waals surface area contributed by atoms with E-state index in [-0.39, 0.29) is 18.0 Å². The number of nitrogens with zero attached hydrogens (tertiary/aromatic N) is 2. The summed E-state index contributed by atoms with van der Waals surface area (Å²) >= 11 is 0. The molecule has 1 amide bonds. The fourth-order valence-corrected chi connectivity index (χ4v) is 2.43. The molecule has 3 rings (SSSR count). The van der Waals surface area contributed by atoms with E-state index >= 15 is 0 Å². The molecule has 146 valence electrons. The number of rotatable bonds is 7. The number of aryl methyl sites for hydroxylation is 1. The van der Waals surface area contributed by atoms with Crippen LogP contribution >= 0.6 is 0 Å². The molecular weight excluding hydrogens is 373 g/mol. The topological polar surface area (TPSA) is 80.0 Å². The summed E-state index contributed by atoms with van der Waals surface area (Å²) in [4.78, 5) is 11.9. The number of hydrogen-bond donors (Lipinski definition) is 2. The lowest BCUT2D eigenvalue weighted by Gasteiger charge is -2.11. The molecule has 0 spiro atoms. The van der Waals surface area contributed by atoms with Gasteiger partial charge in [-0.3, -0.25) is 15.6 Å². The van der Waals surface area contributed by atoms with Crippen LogP contribution in [0.3, 0.4) is 0 Å². The van der Waals surface area contributed by atoms with Crippen LogP contribution in [0.2, 0.25) is 0 Å². The third kappa shape index (κ3) is 5.32. The van der Waals surface area contributed by atoms with E-state index in [2.05, 4.69) is 21.0 Å². The maximum atomic E-state index is 12.7. The van der Waals surface area contributed by atoms with E-state index in [9.17, 15) is 18.0 Å². The minimum absolute atomic E-state index is 0.146. The summed E-state index contributed by atoms with van der Waals surface area (Å²) in [5.74, 6) is 0.462. The summed E-state index contributed by atoms with van der Waals surface area (Å²) in [5, 5.41) is 7.91. The quantitative estimate of drug-likeness (QED) is 0.591. The highest BCUT2D eigenvalue weighted by molar-refractivity contribution is 5.77. The molecule has 1 heterocycles. The van der Waals surface area contributed by atoms with E-state index in [1.165, 1.54) is 12.1 Å². The molecule has 0 aliphatic rings. The second-order valence-corrected chi connectivity index (χ2v) is 5.97. The molecular formula is C19H17F3N4O2. The van der Waals surface area contributed by atoms with Gasteiger partial charge in [0.05, 0.1) is 11.3 Å². The minimum Gasteiger partial charge on any atom is -0.421 e. The van der Waals surface area contributed by atoms with Crippen molar-refractivity contribution in [1.29, 1.82) is 0 Å². The second kappa shape index (κ2) is 8.55. The fourth-order valence-electron chi connectivity index (χ4n) is 2.43. The minimum atomic E-state index is -4.44. The van der Waals surface area contributed by atoms with Gasteiger partial charge in [0.25, 0.3) is 0 Å². The van der Waals surface area contributed by atoms with Gasteiger partial charge in [-0.2, -0.15) is 13.2 Å². The van der Waals surface area contributed by atoms with Gasteiger partial charge in [-0.05, 0) is 36.8 Å². The largest absolute Gasteiger partial charge is 0.421 e. The highest BCUT2D eigenvalue weighted by atomic mass is 19.4. The molecule has 0 saturated heterocycles. The van der Waals surface area contributed by atoms with Gasteiger partial charge < -0.3 is 4.42 Å². The molecule has 0 radical (unpaired) electrons. The van der Waals surface area contributed by atoms with Crippen LogP contribution in [0.5, 0.6) is 0 Å². The van der Waals surface area contributed by atoms with Crippen molar-refractivity contribution in [2.75, 3.05) is 5.43 Å². The van der Waals surface area contributed by atoms with Gasteiger partial charge in [0.15, 0.2) is 0 Å². The Morgan fingerprint density at radius 3 is 2.57 bits per heavy atom. The third-order valence-corrected chi connectivity index (χ3v) is 3.82. The van der Waals surface area contributed by atoms with Gasteiger partial charge in [-0.15, -0.1) is 10.2 Å². The smallest absolute Gasteiger partial charge is 0.416 e. The molecule has 0 aliphatic carbocycles. The van der Waals surface area contributed by atoms with Crippen LogP contribution in [-0.4, -0.2) is 16.1 Å². The summed E-state index contributed by atoms with van der Waals surface area (Å²) in [7, 11) is 0. The molecule has 9 heteroatoms. The first-order chi connectivity index (χ1) is 13.4. The molecule has 2 aromatic carbocycles. The van der Waals surface area contributed by atoms with E-state index in [0.717, 1.165) is 17.7 Å². The van der Waals surface area contributed by atoms with E-state index < -0.39 is 11.7 Å². The third-order valence-electron chi connectivity index (χ3n) is 3.82. The Bertz CT molecular complexity index is 926. The first-order valence-corrected chi connectivity index (χ1v) is 8.52. The molecule has 1 aromatic heterocycles. The zero-order chi connectivity index (χ0) is 20.0. The average Bonchev–Trinajstić information content (AvgIpc) is 3.16. The summed E-state index contributed by atoms with van der Waals surface area (Å²) in [6.07, 6.45) is -3.43. The number of carbonyl (C=O) groups excluding carboxylic acids is 1. The molecule has 3 aromatic rings. The Labute approximate surface area is 158 Å². The van der Waals surface area contributed by atoms with Gasteiger partial charge in [-0.1, -0.05) is 24.3 Å². The van der Waals surface area contributed by atoms with Gasteiger partial charge >= 0.3 is 6.18 Å². The number of nitrogens with one attached hydrogen (secondary N) is 2. The first kappa shape index (κ1) is 19.4. The number of hydrazine groups is 1. The van der Waals surface area contributed by atoms with Gasteiger partial charge in [0, 0.05) is 18.4 Å². The Balaban J connectivity index is 1.44. The van der Waals surface area contributed by atoms with Crippen LogP contribution < -0.4 is 10.9 Å². The van der Waals surface area contributed by atoms with Crippen LogP contribution in [0.15, 0.2) is 59.0 Å². The molecule has 28 heavy (non-hydrogen) atoms. The van der Waals surface area contributed by atoms with Crippen molar-refractivity contribution in [2.24, 2.45) is 0 Å². The fraction of sp³-hybridized carbons (Fsp3) is 0.211. The first-order valence-electron chi connectivity index (χ1n) is 8.52. The predicted octanol–water partition coefficient (Wildman–Crippen LogP) is 4.22. The van der Waals surface area contributed by atoms with Crippen molar-refractivity contribution in [3.05, 3.63) is 66.1 Å². The van der Waals surface area contributed by atoms with Crippen molar-refractivity contribution >= 4 is 11.6 Å². The number of halogens is 3. The Hall–Kier alpha value is -3.36. The number of hydrogen-bond acceptors (Lipinski definition) is 5. The average molecular weight is 390 g/mol. The lowest BCUT2D eigenvalue weighted by atomic mass is 10.2. The van der Waals surface area contributed by atoms with Crippen molar-refractivity contribution < 1.29 is 22.4 Å². The van der Waals surface area contributed by atoms with Gasteiger partial charge in [-0.25, -0.2) is 0 Å². The second-order valence-electron chi connectivity index (χ2n) is 5.97. The Morgan fingerprint density at radius 1 is 1.04 bits per heavy atom. The molecule has 0 fully saturated rings. The summed E-state index contributed by atoms with van der Waals surface area (Å²) in [6.45, 7) is 0. The Kier molecular flexibility index (Phi) is 5.93. The van der Waals surface area contributed by atoms with E-state index in [1.54, 1.807) is 0 Å². The van der Waals surface area contributed by atoms with Crippen molar-refractivity contribution in [2.45, 2.75) is 25.4 Å². The van der Waals surface area contributed by atoms with Crippen LogP contribution in [0, 0.1) is 0 Å². The van der Waals surface area contributed by atoms with E-state index in [1.807, 2.05) is 30.3 Å². The normalized spacial score (nSPS) is 11.2. The maximum absolute atomic E-state index is 12.7. The van der Waals surface area contributed by atoms with Crippen LogP contribution in [-0.2, 0) is 17.4 Å². The van der Waals surface area contributed by atoms with Gasteiger partial charge in [0.1, 0.15) is 0 Å². The van der Waals surface area contributed by atoms with E-state index in [4.69, 9.17) is 4.42 Å². The highest BCUT2D eigenvalue weighted by Crippen LogP contribution is 2.30. The molecule has 0 unspecified atom stereocenters. The molecule has 0 saturated carbocycles. The zero-order valence-electron chi connectivity index (χ0n) is 14.7. The molecule has 0 atom stereocenters. The lowest BCUT2D eigenvalue weighted by molar-refractivity contribution is -0.137. The monoisotopic (exact) mass is 390 g/mol. The summed E-state index contributed by atoms with van der Waals surface area (Å²) in [5.41, 5.74) is 5.01. The summed E-state index contributed by atoms with van der Waals surface area (Å²) in [6, 6.07) is 13.9. The predicted molar refractivity (Wildman–Crippen MR) is 95.9 cm³/mol. The number of alkyl halides is 3. The molecule has 2 N–H and O–H groups in total. The van der Waals surface area contributed by atoms with Crippen LogP contribution in [0.1, 0.15) is 24.3 Å². The Morgan fingerprint density at radius 2 is 1.82 bits per heavy atom. The summed E-state index contributed by atoms with van der Waals surface area (Å²) < 4.78 is 43.6. The number of amides is 1.